The molecular formula is C21H29N3O. The van der Waals surface area contributed by atoms with Crippen molar-refractivity contribution in [3.05, 3.63) is 59.9 Å². The van der Waals surface area contributed by atoms with Crippen LogP contribution < -0.4 is 5.32 Å². The maximum atomic E-state index is 12.3. The molecule has 1 aliphatic rings. The molecule has 3 rings (SSSR count). The van der Waals surface area contributed by atoms with Gasteiger partial charge in [-0.3, -0.25) is 4.79 Å². The van der Waals surface area contributed by atoms with Crippen LogP contribution in [0, 0.1) is 0 Å². The summed E-state index contributed by atoms with van der Waals surface area (Å²) in [6.45, 7) is 3.25. The Bertz CT molecular complexity index is 665. The molecule has 1 saturated heterocycles. The van der Waals surface area contributed by atoms with Crippen molar-refractivity contribution in [1.82, 2.24) is 14.8 Å². The molecule has 1 amide bonds. The Morgan fingerprint density at radius 1 is 1.20 bits per heavy atom. The van der Waals surface area contributed by atoms with Gasteiger partial charge in [-0.1, -0.05) is 30.3 Å². The highest BCUT2D eigenvalue weighted by Gasteiger charge is 2.21. The molecule has 0 bridgehead atoms. The topological polar surface area (TPSA) is 37.3 Å². The summed E-state index contributed by atoms with van der Waals surface area (Å²) in [4.78, 5) is 14.8. The minimum Gasteiger partial charge on any atom is -0.357 e. The van der Waals surface area contributed by atoms with Crippen molar-refractivity contribution in [2.75, 3.05) is 19.6 Å². The summed E-state index contributed by atoms with van der Waals surface area (Å²) in [5.74, 6) is 0.141. The number of carbonyl (C=O) groups excluding carboxylic acids is 1. The lowest BCUT2D eigenvalue weighted by atomic mass is 10.0. The van der Waals surface area contributed by atoms with Crippen LogP contribution in [0.15, 0.2) is 48.8 Å². The summed E-state index contributed by atoms with van der Waals surface area (Å²) in [5, 5.41) is 3.22. The number of hydrogen-bond donors (Lipinski definition) is 1. The van der Waals surface area contributed by atoms with Crippen LogP contribution in [0.2, 0.25) is 0 Å². The van der Waals surface area contributed by atoms with Gasteiger partial charge in [-0.15, -0.1) is 0 Å². The Kier molecular flexibility index (Phi) is 6.29. The predicted molar refractivity (Wildman–Crippen MR) is 101 cm³/mol. The molecule has 4 nitrogen and oxygen atoms in total. The Hall–Kier alpha value is -2.07. The number of hydrogen-bond acceptors (Lipinski definition) is 2. The molecule has 0 spiro atoms. The second kappa shape index (κ2) is 8.86. The lowest BCUT2D eigenvalue weighted by molar-refractivity contribution is -0.121. The lowest BCUT2D eigenvalue weighted by Gasteiger charge is -2.33. The molecule has 1 unspecified atom stereocenters. The fourth-order valence-electron chi connectivity index (χ4n) is 3.66. The Morgan fingerprint density at radius 3 is 2.80 bits per heavy atom. The SMILES string of the molecule is Cn1ccc(CC(=O)NC2CCCN(CCCc3ccccc3)C2)c1. The van der Waals surface area contributed by atoms with Crippen LogP contribution in [0.5, 0.6) is 0 Å². The molecule has 134 valence electrons. The molecule has 2 heterocycles. The van der Waals surface area contributed by atoms with Crippen molar-refractivity contribution < 1.29 is 4.79 Å². The molecular weight excluding hydrogens is 310 g/mol. The summed E-state index contributed by atoms with van der Waals surface area (Å²) >= 11 is 0. The van der Waals surface area contributed by atoms with Crippen molar-refractivity contribution >= 4 is 5.91 Å². The first-order chi connectivity index (χ1) is 12.2. The number of aryl methyl sites for hydroxylation is 2. The first-order valence-electron chi connectivity index (χ1n) is 9.35. The van der Waals surface area contributed by atoms with Crippen LogP contribution >= 0.6 is 0 Å². The molecule has 1 aromatic heterocycles. The van der Waals surface area contributed by atoms with Crippen LogP contribution in [-0.4, -0.2) is 41.1 Å². The van der Waals surface area contributed by atoms with Gasteiger partial charge in [-0.2, -0.15) is 0 Å². The smallest absolute Gasteiger partial charge is 0.224 e. The first kappa shape index (κ1) is 17.7. The van der Waals surface area contributed by atoms with Gasteiger partial charge >= 0.3 is 0 Å². The zero-order chi connectivity index (χ0) is 17.5. The summed E-state index contributed by atoms with van der Waals surface area (Å²) in [5.41, 5.74) is 2.49. The maximum absolute atomic E-state index is 12.3. The van der Waals surface area contributed by atoms with Gasteiger partial charge in [0.05, 0.1) is 6.42 Å². The molecule has 25 heavy (non-hydrogen) atoms. The average Bonchev–Trinajstić information content (AvgIpc) is 3.01. The van der Waals surface area contributed by atoms with E-state index in [9.17, 15) is 4.79 Å². The van der Waals surface area contributed by atoms with Crippen LogP contribution in [0.3, 0.4) is 0 Å². The van der Waals surface area contributed by atoms with Crippen molar-refractivity contribution in [2.45, 2.75) is 38.1 Å². The Labute approximate surface area is 150 Å². The summed E-state index contributed by atoms with van der Waals surface area (Å²) < 4.78 is 1.98. The standard InChI is InChI=1S/C21H29N3O/c1-23-14-11-19(16-23)15-21(25)22-20-10-6-13-24(17-20)12-5-9-18-7-3-2-4-8-18/h2-4,7-8,11,14,16,20H,5-6,9-10,12-13,15,17H2,1H3,(H,22,25). The quantitative estimate of drug-likeness (QED) is 0.842. The maximum Gasteiger partial charge on any atom is 0.224 e. The number of likely N-dealkylation sites (tertiary alicyclic amines) is 1. The predicted octanol–water partition coefficient (Wildman–Crippen LogP) is 2.78. The number of carbonyl (C=O) groups is 1. The summed E-state index contributed by atoms with van der Waals surface area (Å²) in [6, 6.07) is 13.0. The Morgan fingerprint density at radius 2 is 2.04 bits per heavy atom. The highest BCUT2D eigenvalue weighted by molar-refractivity contribution is 5.78. The zero-order valence-electron chi connectivity index (χ0n) is 15.2. The van der Waals surface area contributed by atoms with E-state index in [1.807, 2.05) is 30.1 Å². The number of amides is 1. The molecule has 1 aromatic carbocycles. The van der Waals surface area contributed by atoms with Gasteiger partial charge in [-0.25, -0.2) is 0 Å². The monoisotopic (exact) mass is 339 g/mol. The van der Waals surface area contributed by atoms with Gasteiger partial charge < -0.3 is 14.8 Å². The minimum atomic E-state index is 0.141. The molecule has 2 aromatic rings. The highest BCUT2D eigenvalue weighted by atomic mass is 16.1. The molecule has 0 radical (unpaired) electrons. The largest absolute Gasteiger partial charge is 0.357 e. The summed E-state index contributed by atoms with van der Waals surface area (Å²) in [7, 11) is 1.98. The number of piperidine rings is 1. The number of benzene rings is 1. The van der Waals surface area contributed by atoms with E-state index in [4.69, 9.17) is 0 Å². The van der Waals surface area contributed by atoms with E-state index in [1.165, 1.54) is 18.4 Å². The van der Waals surface area contributed by atoms with E-state index in [2.05, 4.69) is 40.5 Å². The van der Waals surface area contributed by atoms with Crippen LogP contribution in [-0.2, 0) is 24.7 Å². The van der Waals surface area contributed by atoms with E-state index in [1.54, 1.807) is 0 Å². The molecule has 1 N–H and O–H groups in total. The van der Waals surface area contributed by atoms with Crippen molar-refractivity contribution in [1.29, 1.82) is 0 Å². The molecule has 1 atom stereocenters. The first-order valence-corrected chi connectivity index (χ1v) is 9.35. The van der Waals surface area contributed by atoms with Gasteiger partial charge in [0.2, 0.25) is 5.91 Å². The van der Waals surface area contributed by atoms with Gasteiger partial charge in [0, 0.05) is 32.0 Å². The second-order valence-electron chi connectivity index (χ2n) is 7.16. The van der Waals surface area contributed by atoms with Gasteiger partial charge in [0.1, 0.15) is 0 Å². The molecule has 0 aliphatic carbocycles. The van der Waals surface area contributed by atoms with Crippen LogP contribution in [0.4, 0.5) is 0 Å². The van der Waals surface area contributed by atoms with Gasteiger partial charge in [0.15, 0.2) is 0 Å². The van der Waals surface area contributed by atoms with E-state index < -0.39 is 0 Å². The lowest BCUT2D eigenvalue weighted by Crippen LogP contribution is -2.48. The zero-order valence-corrected chi connectivity index (χ0v) is 15.2. The molecule has 4 heteroatoms. The minimum absolute atomic E-state index is 0.141. The van der Waals surface area contributed by atoms with Crippen molar-refractivity contribution in [2.24, 2.45) is 7.05 Å². The highest BCUT2D eigenvalue weighted by Crippen LogP contribution is 2.12. The van der Waals surface area contributed by atoms with E-state index in [-0.39, 0.29) is 5.91 Å². The third-order valence-electron chi connectivity index (χ3n) is 4.91. The average molecular weight is 339 g/mol. The molecule has 1 aliphatic heterocycles. The Balaban J connectivity index is 1.39. The number of nitrogens with one attached hydrogen (secondary N) is 1. The van der Waals surface area contributed by atoms with E-state index >= 15 is 0 Å². The fourth-order valence-corrected chi connectivity index (χ4v) is 3.66. The van der Waals surface area contributed by atoms with E-state index in [0.717, 1.165) is 38.0 Å². The van der Waals surface area contributed by atoms with Gasteiger partial charge in [-0.05, 0) is 56.0 Å². The second-order valence-corrected chi connectivity index (χ2v) is 7.16. The van der Waals surface area contributed by atoms with Crippen molar-refractivity contribution in [3.63, 3.8) is 0 Å². The molecule has 1 fully saturated rings. The number of rotatable bonds is 7. The van der Waals surface area contributed by atoms with Crippen LogP contribution in [0.1, 0.15) is 30.4 Å². The molecule has 0 saturated carbocycles. The fraction of sp³-hybridized carbons (Fsp3) is 0.476. The number of aromatic nitrogens is 1. The number of nitrogens with zero attached hydrogens (tertiary/aromatic N) is 2. The third-order valence-corrected chi connectivity index (χ3v) is 4.91. The normalized spacial score (nSPS) is 18.2. The van der Waals surface area contributed by atoms with Crippen molar-refractivity contribution in [3.8, 4) is 0 Å². The van der Waals surface area contributed by atoms with E-state index in [0.29, 0.717) is 12.5 Å². The summed E-state index contributed by atoms with van der Waals surface area (Å²) in [6.07, 6.45) is 9.04. The van der Waals surface area contributed by atoms with Gasteiger partial charge in [0.25, 0.3) is 0 Å². The third kappa shape index (κ3) is 5.75. The van der Waals surface area contributed by atoms with Crippen LogP contribution in [0.25, 0.3) is 0 Å².